The maximum Gasteiger partial charge on any atom is 0.262 e. The van der Waals surface area contributed by atoms with Gasteiger partial charge in [-0.3, -0.25) is 4.79 Å². The second-order valence-electron chi connectivity index (χ2n) is 4.23. The number of amides is 1. The van der Waals surface area contributed by atoms with Crippen molar-refractivity contribution < 1.29 is 9.53 Å². The van der Waals surface area contributed by atoms with Crippen molar-refractivity contribution >= 4 is 39.1 Å². The second-order valence-corrected chi connectivity index (χ2v) is 5.55. The van der Waals surface area contributed by atoms with Crippen LogP contribution in [0.25, 0.3) is 0 Å². The first-order valence-corrected chi connectivity index (χ1v) is 7.16. The first-order chi connectivity index (χ1) is 9.56. The van der Waals surface area contributed by atoms with Crippen molar-refractivity contribution in [2.75, 3.05) is 11.9 Å². The lowest BCUT2D eigenvalue weighted by Gasteiger charge is -2.10. The Labute approximate surface area is 131 Å². The molecule has 0 spiro atoms. The number of rotatable bonds is 4. The average Bonchev–Trinajstić information content (AvgIpc) is 2.41. The van der Waals surface area contributed by atoms with Gasteiger partial charge in [0.1, 0.15) is 5.75 Å². The van der Waals surface area contributed by atoms with Crippen molar-refractivity contribution in [3.63, 3.8) is 0 Å². The second kappa shape index (κ2) is 6.77. The van der Waals surface area contributed by atoms with E-state index in [1.165, 1.54) is 0 Å². The number of hydrogen-bond donors (Lipinski definition) is 1. The van der Waals surface area contributed by atoms with Gasteiger partial charge in [-0.05, 0) is 42.8 Å². The quantitative estimate of drug-likeness (QED) is 0.882. The molecule has 104 valence electrons. The van der Waals surface area contributed by atoms with Crippen LogP contribution in [0.1, 0.15) is 5.56 Å². The topological polar surface area (TPSA) is 38.3 Å². The van der Waals surface area contributed by atoms with E-state index >= 15 is 0 Å². The Morgan fingerprint density at radius 2 is 2.05 bits per heavy atom. The van der Waals surface area contributed by atoms with E-state index in [2.05, 4.69) is 21.2 Å². The van der Waals surface area contributed by atoms with Crippen molar-refractivity contribution in [2.24, 2.45) is 0 Å². The lowest BCUT2D eigenvalue weighted by molar-refractivity contribution is -0.118. The number of benzene rings is 2. The van der Waals surface area contributed by atoms with Gasteiger partial charge in [-0.25, -0.2) is 0 Å². The Kier molecular flexibility index (Phi) is 5.04. The van der Waals surface area contributed by atoms with Gasteiger partial charge in [-0.15, -0.1) is 0 Å². The van der Waals surface area contributed by atoms with Crippen LogP contribution < -0.4 is 10.1 Å². The van der Waals surface area contributed by atoms with Gasteiger partial charge in [0.2, 0.25) is 0 Å². The monoisotopic (exact) mass is 353 g/mol. The molecular weight excluding hydrogens is 342 g/mol. The molecule has 0 radical (unpaired) electrons. The highest BCUT2D eigenvalue weighted by Crippen LogP contribution is 2.23. The molecule has 0 saturated carbocycles. The summed E-state index contributed by atoms with van der Waals surface area (Å²) >= 11 is 9.33. The molecule has 2 rings (SSSR count). The van der Waals surface area contributed by atoms with Gasteiger partial charge >= 0.3 is 0 Å². The molecule has 2 aromatic carbocycles. The lowest BCUT2D eigenvalue weighted by Crippen LogP contribution is -2.20. The van der Waals surface area contributed by atoms with Crippen LogP contribution in [0.4, 0.5) is 5.69 Å². The fraction of sp³-hybridized carbons (Fsp3) is 0.133. The number of anilines is 1. The van der Waals surface area contributed by atoms with Gasteiger partial charge in [0.05, 0.1) is 5.02 Å². The third kappa shape index (κ3) is 3.99. The van der Waals surface area contributed by atoms with Crippen molar-refractivity contribution in [3.05, 3.63) is 57.5 Å². The summed E-state index contributed by atoms with van der Waals surface area (Å²) in [7, 11) is 0. The highest BCUT2D eigenvalue weighted by Gasteiger charge is 2.07. The van der Waals surface area contributed by atoms with Crippen molar-refractivity contribution in [1.82, 2.24) is 0 Å². The SMILES string of the molecule is Cc1cc(Br)ccc1NC(=O)COc1ccccc1Cl. The van der Waals surface area contributed by atoms with E-state index in [4.69, 9.17) is 16.3 Å². The summed E-state index contributed by atoms with van der Waals surface area (Å²) in [5.74, 6) is 0.271. The summed E-state index contributed by atoms with van der Waals surface area (Å²) in [5, 5.41) is 3.29. The van der Waals surface area contributed by atoms with Crippen LogP contribution in [0.5, 0.6) is 5.75 Å². The smallest absolute Gasteiger partial charge is 0.262 e. The zero-order valence-electron chi connectivity index (χ0n) is 10.8. The Morgan fingerprint density at radius 3 is 2.75 bits per heavy atom. The van der Waals surface area contributed by atoms with E-state index in [0.717, 1.165) is 15.7 Å². The molecule has 5 heteroatoms. The third-order valence-corrected chi connectivity index (χ3v) is 3.46. The molecule has 0 saturated heterocycles. The molecule has 0 aromatic heterocycles. The third-order valence-electron chi connectivity index (χ3n) is 2.66. The van der Waals surface area contributed by atoms with E-state index in [9.17, 15) is 4.79 Å². The number of hydrogen-bond acceptors (Lipinski definition) is 2. The minimum absolute atomic E-state index is 0.0841. The van der Waals surface area contributed by atoms with Gasteiger partial charge in [-0.1, -0.05) is 39.7 Å². The zero-order valence-corrected chi connectivity index (χ0v) is 13.2. The van der Waals surface area contributed by atoms with Crippen LogP contribution in [-0.4, -0.2) is 12.5 Å². The Morgan fingerprint density at radius 1 is 1.30 bits per heavy atom. The molecule has 0 aliphatic rings. The van der Waals surface area contributed by atoms with Crippen molar-refractivity contribution in [2.45, 2.75) is 6.92 Å². The van der Waals surface area contributed by atoms with Crippen LogP contribution in [0.3, 0.4) is 0 Å². The summed E-state index contributed by atoms with van der Waals surface area (Å²) < 4.78 is 6.35. The largest absolute Gasteiger partial charge is 0.482 e. The van der Waals surface area contributed by atoms with Gasteiger partial charge in [0.25, 0.3) is 5.91 Å². The Hall–Kier alpha value is -1.52. The van der Waals surface area contributed by atoms with Crippen LogP contribution in [-0.2, 0) is 4.79 Å². The standard InChI is InChI=1S/C15H13BrClNO2/c1-10-8-11(16)6-7-13(10)18-15(19)9-20-14-5-3-2-4-12(14)17/h2-8H,9H2,1H3,(H,18,19). The number of carbonyl (C=O) groups is 1. The zero-order chi connectivity index (χ0) is 14.5. The first kappa shape index (κ1) is 14.9. The molecule has 20 heavy (non-hydrogen) atoms. The van der Waals surface area contributed by atoms with Gasteiger partial charge in [-0.2, -0.15) is 0 Å². The minimum Gasteiger partial charge on any atom is -0.482 e. The molecule has 2 aromatic rings. The van der Waals surface area contributed by atoms with Gasteiger partial charge in [0, 0.05) is 10.2 Å². The number of halogens is 2. The first-order valence-electron chi connectivity index (χ1n) is 5.99. The molecule has 1 amide bonds. The molecule has 0 aliphatic heterocycles. The Bertz CT molecular complexity index is 631. The summed E-state index contributed by atoms with van der Waals surface area (Å²) in [6.45, 7) is 1.84. The highest BCUT2D eigenvalue weighted by molar-refractivity contribution is 9.10. The van der Waals surface area contributed by atoms with Crippen LogP contribution >= 0.6 is 27.5 Å². The fourth-order valence-corrected chi connectivity index (χ4v) is 2.32. The molecule has 3 nitrogen and oxygen atoms in total. The maximum atomic E-state index is 11.8. The van der Waals surface area contributed by atoms with E-state index in [-0.39, 0.29) is 12.5 Å². The average molecular weight is 355 g/mol. The number of nitrogens with one attached hydrogen (secondary N) is 1. The van der Waals surface area contributed by atoms with E-state index in [1.54, 1.807) is 24.3 Å². The summed E-state index contributed by atoms with van der Waals surface area (Å²) in [4.78, 5) is 11.8. The number of aryl methyl sites for hydroxylation is 1. The van der Waals surface area contributed by atoms with Gasteiger partial charge in [0.15, 0.2) is 6.61 Å². The minimum atomic E-state index is -0.227. The van der Waals surface area contributed by atoms with Crippen LogP contribution in [0.2, 0.25) is 5.02 Å². The van der Waals surface area contributed by atoms with Gasteiger partial charge < -0.3 is 10.1 Å². The Balaban J connectivity index is 1.94. The van der Waals surface area contributed by atoms with E-state index in [0.29, 0.717) is 10.8 Å². The van der Waals surface area contributed by atoms with Crippen molar-refractivity contribution in [1.29, 1.82) is 0 Å². The number of para-hydroxylation sites is 1. The van der Waals surface area contributed by atoms with Crippen LogP contribution in [0, 0.1) is 6.92 Å². The van der Waals surface area contributed by atoms with E-state index in [1.807, 2.05) is 25.1 Å². The molecule has 0 atom stereocenters. The van der Waals surface area contributed by atoms with Crippen LogP contribution in [0.15, 0.2) is 46.9 Å². The molecule has 0 heterocycles. The number of carbonyl (C=O) groups excluding carboxylic acids is 1. The normalized spacial score (nSPS) is 10.2. The van der Waals surface area contributed by atoms with Crippen molar-refractivity contribution in [3.8, 4) is 5.75 Å². The molecule has 0 aliphatic carbocycles. The maximum absolute atomic E-state index is 11.8. The summed E-state index contributed by atoms with van der Waals surface area (Å²) in [6, 6.07) is 12.7. The molecule has 0 fully saturated rings. The predicted molar refractivity (Wildman–Crippen MR) is 84.5 cm³/mol. The predicted octanol–water partition coefficient (Wildman–Crippen LogP) is 4.43. The molecule has 1 N–H and O–H groups in total. The van der Waals surface area contributed by atoms with E-state index < -0.39 is 0 Å². The molecular formula is C15H13BrClNO2. The number of ether oxygens (including phenoxy) is 1. The summed E-state index contributed by atoms with van der Waals surface area (Å²) in [6.07, 6.45) is 0. The highest BCUT2D eigenvalue weighted by atomic mass is 79.9. The fourth-order valence-electron chi connectivity index (χ4n) is 1.66. The molecule has 0 bridgehead atoms. The summed E-state index contributed by atoms with van der Waals surface area (Å²) in [5.41, 5.74) is 1.74. The lowest BCUT2D eigenvalue weighted by atomic mass is 10.2. The molecule has 0 unspecified atom stereocenters.